The van der Waals surface area contributed by atoms with E-state index in [4.69, 9.17) is 14.2 Å². The molecule has 0 amide bonds. The molecule has 0 saturated carbocycles. The molecular formula is C19H20F2O4. The molecule has 0 aliphatic rings. The van der Waals surface area contributed by atoms with Crippen molar-refractivity contribution in [2.45, 2.75) is 13.3 Å². The molecule has 25 heavy (non-hydrogen) atoms. The quantitative estimate of drug-likeness (QED) is 0.389. The molecule has 0 spiro atoms. The normalized spacial score (nSPS) is 10.7. The van der Waals surface area contributed by atoms with Crippen molar-refractivity contribution < 1.29 is 27.8 Å². The van der Waals surface area contributed by atoms with E-state index < -0.39 is 17.4 Å². The summed E-state index contributed by atoms with van der Waals surface area (Å²) in [5.74, 6) is -2.74. The maximum absolute atomic E-state index is 14.4. The van der Waals surface area contributed by atoms with Crippen LogP contribution in [0.5, 0.6) is 5.75 Å². The largest absolute Gasteiger partial charge is 0.464 e. The fraction of sp³-hybridized carbons (Fsp3) is 0.316. The molecule has 0 N–H and O–H groups in total. The van der Waals surface area contributed by atoms with Crippen LogP contribution in [-0.2, 0) is 15.9 Å². The van der Waals surface area contributed by atoms with Crippen LogP contribution in [0, 0.1) is 11.6 Å². The van der Waals surface area contributed by atoms with Crippen molar-refractivity contribution in [2.24, 2.45) is 0 Å². The monoisotopic (exact) mass is 350 g/mol. The van der Waals surface area contributed by atoms with Gasteiger partial charge in [0.2, 0.25) is 5.82 Å². The van der Waals surface area contributed by atoms with Crippen molar-refractivity contribution in [2.75, 3.05) is 27.1 Å². The highest BCUT2D eigenvalue weighted by Crippen LogP contribution is 2.33. The lowest BCUT2D eigenvalue weighted by molar-refractivity contribution is -0.0105. The van der Waals surface area contributed by atoms with Gasteiger partial charge in [0.05, 0.1) is 18.8 Å². The summed E-state index contributed by atoms with van der Waals surface area (Å²) in [6.45, 7) is 2.26. The molecule has 0 aliphatic heterocycles. The molecule has 0 aliphatic carbocycles. The Morgan fingerprint density at radius 2 is 1.80 bits per heavy atom. The van der Waals surface area contributed by atoms with E-state index in [-0.39, 0.29) is 24.5 Å². The van der Waals surface area contributed by atoms with Crippen LogP contribution in [0.4, 0.5) is 8.78 Å². The van der Waals surface area contributed by atoms with Crippen LogP contribution in [0.3, 0.4) is 0 Å². The van der Waals surface area contributed by atoms with Gasteiger partial charge in [0.1, 0.15) is 0 Å². The molecule has 6 heteroatoms. The summed E-state index contributed by atoms with van der Waals surface area (Å²) in [6, 6.07) is 8.33. The van der Waals surface area contributed by atoms with Crippen molar-refractivity contribution in [3.63, 3.8) is 0 Å². The summed E-state index contributed by atoms with van der Waals surface area (Å²) in [7, 11) is 1.51. The van der Waals surface area contributed by atoms with Crippen LogP contribution in [0.15, 0.2) is 30.3 Å². The van der Waals surface area contributed by atoms with Gasteiger partial charge >= 0.3 is 0 Å². The molecule has 0 unspecified atom stereocenters. The zero-order valence-corrected chi connectivity index (χ0v) is 14.2. The number of carbonyl (C=O) groups is 1. The molecular weight excluding hydrogens is 330 g/mol. The Labute approximate surface area is 145 Å². The number of halogens is 2. The molecule has 0 fully saturated rings. The zero-order valence-electron chi connectivity index (χ0n) is 14.2. The Morgan fingerprint density at radius 1 is 1.08 bits per heavy atom. The van der Waals surface area contributed by atoms with Crippen LogP contribution < -0.4 is 4.74 Å². The van der Waals surface area contributed by atoms with E-state index in [0.717, 1.165) is 12.0 Å². The van der Waals surface area contributed by atoms with Gasteiger partial charge in [-0.05, 0) is 23.6 Å². The Balaban J connectivity index is 2.28. The second-order valence-corrected chi connectivity index (χ2v) is 5.30. The Hall–Kier alpha value is -2.31. The number of carbonyl (C=O) groups excluding carboxylic acids is 1. The van der Waals surface area contributed by atoms with Gasteiger partial charge in [-0.25, -0.2) is 4.39 Å². The summed E-state index contributed by atoms with van der Waals surface area (Å²) >= 11 is 0. The number of ether oxygens (including phenoxy) is 3. The first-order chi connectivity index (χ1) is 12.1. The average Bonchev–Trinajstić information content (AvgIpc) is 2.65. The van der Waals surface area contributed by atoms with Crippen molar-refractivity contribution in [1.29, 1.82) is 0 Å². The molecule has 0 bridgehead atoms. The molecule has 0 aromatic heterocycles. The van der Waals surface area contributed by atoms with Crippen LogP contribution in [0.2, 0.25) is 0 Å². The van der Waals surface area contributed by atoms with Gasteiger partial charge in [0.25, 0.3) is 0 Å². The fourth-order valence-corrected chi connectivity index (χ4v) is 2.30. The minimum absolute atomic E-state index is 0.00917. The highest BCUT2D eigenvalue weighted by Gasteiger charge is 2.20. The second kappa shape index (κ2) is 9.25. The smallest absolute Gasteiger partial charge is 0.202 e. The van der Waals surface area contributed by atoms with Crippen molar-refractivity contribution in [1.82, 2.24) is 0 Å². The summed E-state index contributed by atoms with van der Waals surface area (Å²) in [4.78, 5) is 11.3. The van der Waals surface area contributed by atoms with Gasteiger partial charge in [-0.15, -0.1) is 0 Å². The van der Waals surface area contributed by atoms with Crippen LogP contribution in [0.25, 0.3) is 11.1 Å². The highest BCUT2D eigenvalue weighted by atomic mass is 19.2. The van der Waals surface area contributed by atoms with E-state index >= 15 is 0 Å². The van der Waals surface area contributed by atoms with E-state index in [1.165, 1.54) is 13.2 Å². The maximum Gasteiger partial charge on any atom is 0.202 e. The zero-order chi connectivity index (χ0) is 18.2. The SMILES string of the molecule is CCc1ccc(-c2cc(C=O)c(OCOCCOC)c(F)c2F)cc1. The minimum atomic E-state index is -1.21. The lowest BCUT2D eigenvalue weighted by Gasteiger charge is -2.13. The third-order valence-corrected chi connectivity index (χ3v) is 3.71. The lowest BCUT2D eigenvalue weighted by Crippen LogP contribution is -2.10. The second-order valence-electron chi connectivity index (χ2n) is 5.30. The van der Waals surface area contributed by atoms with E-state index in [2.05, 4.69) is 0 Å². The van der Waals surface area contributed by atoms with E-state index in [1.807, 2.05) is 19.1 Å². The summed E-state index contributed by atoms with van der Waals surface area (Å²) in [5, 5.41) is 0. The standard InChI is InChI=1S/C19H20F2O4/c1-3-13-4-6-14(7-5-13)16-10-15(11-22)19(18(21)17(16)20)25-12-24-9-8-23-2/h4-7,10-11H,3,8-9,12H2,1-2H3. The van der Waals surface area contributed by atoms with Crippen molar-refractivity contribution in [3.8, 4) is 16.9 Å². The third kappa shape index (κ3) is 4.61. The molecule has 0 saturated heterocycles. The van der Waals surface area contributed by atoms with Crippen LogP contribution >= 0.6 is 0 Å². The predicted molar refractivity (Wildman–Crippen MR) is 89.9 cm³/mol. The molecule has 2 aromatic carbocycles. The molecule has 0 radical (unpaired) electrons. The maximum atomic E-state index is 14.4. The number of aryl methyl sites for hydroxylation is 1. The Kier molecular flexibility index (Phi) is 7.03. The molecule has 134 valence electrons. The van der Waals surface area contributed by atoms with Gasteiger partial charge in [-0.1, -0.05) is 31.2 Å². The topological polar surface area (TPSA) is 44.8 Å². The number of aldehydes is 1. The van der Waals surface area contributed by atoms with Crippen LogP contribution in [0.1, 0.15) is 22.8 Å². The number of rotatable bonds is 9. The van der Waals surface area contributed by atoms with E-state index in [0.29, 0.717) is 18.5 Å². The lowest BCUT2D eigenvalue weighted by atomic mass is 10.00. The molecule has 0 heterocycles. The molecule has 0 atom stereocenters. The van der Waals surface area contributed by atoms with Gasteiger partial charge in [-0.2, -0.15) is 4.39 Å². The van der Waals surface area contributed by atoms with Crippen molar-refractivity contribution in [3.05, 3.63) is 53.1 Å². The third-order valence-electron chi connectivity index (χ3n) is 3.71. The first kappa shape index (κ1) is 19.0. The van der Waals surface area contributed by atoms with Gasteiger partial charge in [0.15, 0.2) is 24.6 Å². The number of hydrogen-bond donors (Lipinski definition) is 0. The molecule has 4 nitrogen and oxygen atoms in total. The Morgan fingerprint density at radius 3 is 2.40 bits per heavy atom. The number of methoxy groups -OCH3 is 1. The first-order valence-corrected chi connectivity index (χ1v) is 7.88. The van der Waals surface area contributed by atoms with Gasteiger partial charge < -0.3 is 14.2 Å². The summed E-state index contributed by atoms with van der Waals surface area (Å²) in [6.07, 6.45) is 1.27. The van der Waals surface area contributed by atoms with E-state index in [1.54, 1.807) is 12.1 Å². The first-order valence-electron chi connectivity index (χ1n) is 7.88. The van der Waals surface area contributed by atoms with E-state index in [9.17, 15) is 13.6 Å². The highest BCUT2D eigenvalue weighted by molar-refractivity contribution is 5.83. The molecule has 2 rings (SSSR count). The minimum Gasteiger partial charge on any atom is -0.464 e. The predicted octanol–water partition coefficient (Wildman–Crippen LogP) is 4.01. The van der Waals surface area contributed by atoms with Crippen LogP contribution in [-0.4, -0.2) is 33.4 Å². The fourth-order valence-electron chi connectivity index (χ4n) is 2.30. The summed E-state index contributed by atoms with van der Waals surface area (Å²) < 4.78 is 43.8. The average molecular weight is 350 g/mol. The summed E-state index contributed by atoms with van der Waals surface area (Å²) in [5.41, 5.74) is 1.49. The Bertz CT molecular complexity index is 714. The van der Waals surface area contributed by atoms with Crippen molar-refractivity contribution >= 4 is 6.29 Å². The van der Waals surface area contributed by atoms with Gasteiger partial charge in [0, 0.05) is 12.7 Å². The number of benzene rings is 2. The van der Waals surface area contributed by atoms with Gasteiger partial charge in [-0.3, -0.25) is 4.79 Å². The molecule has 2 aromatic rings. The number of hydrogen-bond acceptors (Lipinski definition) is 4.